The molecule has 1 heterocycles. The monoisotopic (exact) mass is 648 g/mol. The van der Waals surface area contributed by atoms with Crippen LogP contribution in [0.3, 0.4) is 0 Å². The minimum atomic E-state index is -0.519. The highest BCUT2D eigenvalue weighted by Crippen LogP contribution is 2.38. The molecule has 10 heteroatoms. The number of ether oxygens (including phenoxy) is 2. The van der Waals surface area contributed by atoms with E-state index in [9.17, 15) is 14.4 Å². The maximum absolute atomic E-state index is 12.9. The summed E-state index contributed by atoms with van der Waals surface area (Å²) >= 11 is 8.90. The second-order valence-corrected chi connectivity index (χ2v) is 10.5. The van der Waals surface area contributed by atoms with Crippen LogP contribution in [0.5, 0.6) is 11.5 Å². The molecule has 0 radical (unpaired) electrons. The van der Waals surface area contributed by atoms with Crippen molar-refractivity contribution in [2.24, 2.45) is 0 Å². The van der Waals surface area contributed by atoms with Gasteiger partial charge in [0.1, 0.15) is 13.2 Å². The molecule has 0 aromatic heterocycles. The van der Waals surface area contributed by atoms with Crippen molar-refractivity contribution in [3.05, 3.63) is 91.4 Å². The molecule has 0 spiro atoms. The smallest absolute Gasteiger partial charge is 0.294 e. The van der Waals surface area contributed by atoms with Crippen molar-refractivity contribution in [3.8, 4) is 11.5 Å². The Bertz CT molecular complexity index is 1350. The van der Waals surface area contributed by atoms with Gasteiger partial charge in [0.2, 0.25) is 5.91 Å². The number of amides is 3. The predicted molar refractivity (Wildman–Crippen MR) is 154 cm³/mol. The molecule has 0 bridgehead atoms. The molecule has 7 nitrogen and oxygen atoms in total. The highest BCUT2D eigenvalue weighted by molar-refractivity contribution is 14.1. The van der Waals surface area contributed by atoms with E-state index in [0.29, 0.717) is 41.0 Å². The molecule has 0 aliphatic carbocycles. The van der Waals surface area contributed by atoms with Crippen molar-refractivity contribution in [1.82, 2.24) is 4.90 Å². The molecular weight excluding hydrogens is 627 g/mol. The lowest BCUT2D eigenvalue weighted by Crippen LogP contribution is -2.36. The van der Waals surface area contributed by atoms with Gasteiger partial charge in [-0.1, -0.05) is 41.9 Å². The second kappa shape index (κ2) is 12.5. The van der Waals surface area contributed by atoms with Gasteiger partial charge in [-0.05, 0) is 94.9 Å². The van der Waals surface area contributed by atoms with Gasteiger partial charge in [0.05, 0.1) is 15.1 Å². The Morgan fingerprint density at radius 3 is 2.51 bits per heavy atom. The van der Waals surface area contributed by atoms with Gasteiger partial charge in [0.25, 0.3) is 11.1 Å². The van der Waals surface area contributed by atoms with Crippen LogP contribution in [0.25, 0.3) is 6.08 Å². The Labute approximate surface area is 237 Å². The lowest BCUT2D eigenvalue weighted by atomic mass is 10.1. The molecule has 1 saturated heterocycles. The number of halogens is 2. The molecule has 1 fully saturated rings. The molecule has 1 N–H and O–H groups in total. The first-order valence-electron chi connectivity index (χ1n) is 11.3. The number of nitrogens with zero attached hydrogens (tertiary/aromatic N) is 1. The third kappa shape index (κ3) is 7.06. The van der Waals surface area contributed by atoms with E-state index in [1.165, 1.54) is 0 Å². The van der Waals surface area contributed by atoms with E-state index in [2.05, 4.69) is 27.9 Å². The summed E-state index contributed by atoms with van der Waals surface area (Å²) in [5, 5.41) is 2.84. The highest BCUT2D eigenvalue weighted by Gasteiger charge is 2.36. The van der Waals surface area contributed by atoms with Crippen molar-refractivity contribution >= 4 is 74.8 Å². The number of rotatable bonds is 9. The zero-order valence-corrected chi connectivity index (χ0v) is 23.4. The molecule has 0 atom stereocenters. The van der Waals surface area contributed by atoms with E-state index < -0.39 is 17.1 Å². The van der Waals surface area contributed by atoms with E-state index in [1.54, 1.807) is 48.5 Å². The largest absolute Gasteiger partial charge is 0.490 e. The van der Waals surface area contributed by atoms with Crippen molar-refractivity contribution < 1.29 is 23.9 Å². The third-order valence-electron chi connectivity index (χ3n) is 5.16. The lowest BCUT2D eigenvalue weighted by Gasteiger charge is -2.15. The van der Waals surface area contributed by atoms with Crippen molar-refractivity contribution in [2.75, 3.05) is 18.5 Å². The van der Waals surface area contributed by atoms with Crippen LogP contribution in [0.4, 0.5) is 10.5 Å². The van der Waals surface area contributed by atoms with E-state index in [0.717, 1.165) is 25.8 Å². The SMILES string of the molecule is CCOc1cc(/C=C2\SC(=O)N(CC(=O)Nc3ccccc3)C2=O)cc(I)c1OCc1ccc(Cl)cc1. The Morgan fingerprint density at radius 2 is 1.81 bits per heavy atom. The average Bonchev–Trinajstić information content (AvgIpc) is 3.12. The van der Waals surface area contributed by atoms with Crippen LogP contribution in [-0.2, 0) is 16.2 Å². The first-order valence-corrected chi connectivity index (χ1v) is 13.5. The van der Waals surface area contributed by atoms with Gasteiger partial charge in [-0.3, -0.25) is 19.3 Å². The molecule has 190 valence electrons. The molecule has 1 aliphatic rings. The Balaban J connectivity index is 1.49. The molecule has 0 saturated carbocycles. The Kier molecular flexibility index (Phi) is 9.12. The van der Waals surface area contributed by atoms with Crippen LogP contribution in [0.2, 0.25) is 5.02 Å². The summed E-state index contributed by atoms with van der Waals surface area (Å²) in [6, 6.07) is 19.8. The summed E-state index contributed by atoms with van der Waals surface area (Å²) in [6.45, 7) is 2.25. The standard InChI is InChI=1S/C27H22ClIN2O5S/c1-2-35-22-13-18(12-21(29)25(22)36-16-17-8-10-19(28)11-9-17)14-23-26(33)31(27(34)37-23)15-24(32)30-20-6-4-3-5-7-20/h3-14H,2,15-16H2,1H3,(H,30,32)/b23-14-. The van der Waals surface area contributed by atoms with Crippen LogP contribution in [0, 0.1) is 3.57 Å². The van der Waals surface area contributed by atoms with E-state index in [1.807, 2.05) is 31.2 Å². The van der Waals surface area contributed by atoms with Crippen LogP contribution in [0.15, 0.2) is 71.6 Å². The number of hydrogen-bond acceptors (Lipinski definition) is 6. The summed E-state index contributed by atoms with van der Waals surface area (Å²) in [6.07, 6.45) is 1.62. The molecule has 3 aromatic carbocycles. The van der Waals surface area contributed by atoms with Crippen LogP contribution >= 0.6 is 46.0 Å². The topological polar surface area (TPSA) is 84.9 Å². The second-order valence-electron chi connectivity index (χ2n) is 7.86. The number of anilines is 1. The normalized spacial score (nSPS) is 14.2. The number of benzene rings is 3. The van der Waals surface area contributed by atoms with Gasteiger partial charge in [0.15, 0.2) is 11.5 Å². The molecule has 3 aromatic rings. The zero-order chi connectivity index (χ0) is 26.4. The van der Waals surface area contributed by atoms with Crippen molar-refractivity contribution in [3.63, 3.8) is 0 Å². The average molecular weight is 649 g/mol. The van der Waals surface area contributed by atoms with Gasteiger partial charge in [-0.15, -0.1) is 0 Å². The molecule has 1 aliphatic heterocycles. The van der Waals surface area contributed by atoms with E-state index >= 15 is 0 Å². The van der Waals surface area contributed by atoms with Gasteiger partial charge in [-0.25, -0.2) is 0 Å². The molecule has 4 rings (SSSR count). The third-order valence-corrected chi connectivity index (χ3v) is 7.12. The number of carbonyl (C=O) groups excluding carboxylic acids is 3. The van der Waals surface area contributed by atoms with Crippen LogP contribution in [0.1, 0.15) is 18.1 Å². The fraction of sp³-hybridized carbons (Fsp3) is 0.148. The number of hydrogen-bond donors (Lipinski definition) is 1. The fourth-order valence-electron chi connectivity index (χ4n) is 3.46. The molecule has 3 amide bonds. The van der Waals surface area contributed by atoms with Crippen LogP contribution < -0.4 is 14.8 Å². The lowest BCUT2D eigenvalue weighted by molar-refractivity contribution is -0.127. The minimum Gasteiger partial charge on any atom is -0.490 e. The van der Waals surface area contributed by atoms with Gasteiger partial charge in [0, 0.05) is 10.7 Å². The van der Waals surface area contributed by atoms with Crippen LogP contribution in [-0.4, -0.2) is 35.1 Å². The number of imide groups is 1. The van der Waals surface area contributed by atoms with Crippen molar-refractivity contribution in [2.45, 2.75) is 13.5 Å². The quantitative estimate of drug-likeness (QED) is 0.208. The maximum Gasteiger partial charge on any atom is 0.294 e. The summed E-state index contributed by atoms with van der Waals surface area (Å²) in [4.78, 5) is 39.0. The maximum atomic E-state index is 12.9. The fourth-order valence-corrected chi connectivity index (χ4v) is 5.21. The minimum absolute atomic E-state index is 0.227. The summed E-state index contributed by atoms with van der Waals surface area (Å²) in [7, 11) is 0. The number of para-hydroxylation sites is 1. The summed E-state index contributed by atoms with van der Waals surface area (Å²) in [5.41, 5.74) is 2.22. The molecule has 37 heavy (non-hydrogen) atoms. The van der Waals surface area contributed by atoms with Crippen molar-refractivity contribution in [1.29, 1.82) is 0 Å². The number of thioether (sulfide) groups is 1. The molecular formula is C27H22ClIN2O5S. The van der Waals surface area contributed by atoms with E-state index in [4.69, 9.17) is 21.1 Å². The van der Waals surface area contributed by atoms with Gasteiger partial charge >= 0.3 is 0 Å². The number of carbonyl (C=O) groups is 3. The van der Waals surface area contributed by atoms with Gasteiger partial charge < -0.3 is 14.8 Å². The first-order chi connectivity index (χ1) is 17.8. The first kappa shape index (κ1) is 27.0. The summed E-state index contributed by atoms with van der Waals surface area (Å²) < 4.78 is 12.6. The van der Waals surface area contributed by atoms with Gasteiger partial charge in [-0.2, -0.15) is 0 Å². The molecule has 0 unspecified atom stereocenters. The Morgan fingerprint density at radius 1 is 1.08 bits per heavy atom. The van der Waals surface area contributed by atoms with E-state index in [-0.39, 0.29) is 11.4 Å². The predicted octanol–water partition coefficient (Wildman–Crippen LogP) is 6.60. The zero-order valence-electron chi connectivity index (χ0n) is 19.7. The highest BCUT2D eigenvalue weighted by atomic mass is 127. The number of nitrogens with one attached hydrogen (secondary N) is 1. The Hall–Kier alpha value is -3.02. The summed E-state index contributed by atoms with van der Waals surface area (Å²) in [5.74, 6) is 0.135.